The van der Waals surface area contributed by atoms with Crippen molar-refractivity contribution in [3.05, 3.63) is 34.9 Å². The Labute approximate surface area is 83.9 Å². The van der Waals surface area contributed by atoms with Gasteiger partial charge in [0.2, 0.25) is 0 Å². The van der Waals surface area contributed by atoms with Crippen molar-refractivity contribution in [2.45, 2.75) is 26.2 Å². The third-order valence-electron chi connectivity index (χ3n) is 2.12. The second kappa shape index (κ2) is 3.74. The van der Waals surface area contributed by atoms with Crippen molar-refractivity contribution in [2.75, 3.05) is 0 Å². The summed E-state index contributed by atoms with van der Waals surface area (Å²) >= 11 is 0. The number of carbonyl (C=O) groups excluding carboxylic acids is 2. The quantitative estimate of drug-likeness (QED) is 0.672. The highest BCUT2D eigenvalue weighted by Gasteiger charge is 2.14. The van der Waals surface area contributed by atoms with Crippen LogP contribution in [0.1, 0.15) is 47.1 Å². The molecule has 2 nitrogen and oxygen atoms in total. The molecule has 0 radical (unpaired) electrons. The fourth-order valence-corrected chi connectivity index (χ4v) is 1.25. The molecule has 0 bridgehead atoms. The molecule has 1 aromatic carbocycles. The Bertz CT molecular complexity index is 333. The van der Waals surface area contributed by atoms with Gasteiger partial charge < -0.3 is 0 Å². The molecule has 0 aromatic heterocycles. The van der Waals surface area contributed by atoms with E-state index in [1.165, 1.54) is 0 Å². The number of benzene rings is 1. The SMILES string of the molecule is CC(C)(C)c1cc(C=O)cc(C=O)c1. The fourth-order valence-electron chi connectivity index (χ4n) is 1.25. The third-order valence-corrected chi connectivity index (χ3v) is 2.12. The molecule has 0 spiro atoms. The van der Waals surface area contributed by atoms with Crippen molar-refractivity contribution in [3.8, 4) is 0 Å². The maximum Gasteiger partial charge on any atom is 0.150 e. The monoisotopic (exact) mass is 190 g/mol. The zero-order valence-corrected chi connectivity index (χ0v) is 8.70. The average Bonchev–Trinajstić information content (AvgIpc) is 2.15. The summed E-state index contributed by atoms with van der Waals surface area (Å²) in [6.45, 7) is 6.14. The van der Waals surface area contributed by atoms with Crippen molar-refractivity contribution in [1.82, 2.24) is 0 Å². The predicted molar refractivity (Wildman–Crippen MR) is 55.9 cm³/mol. The van der Waals surface area contributed by atoms with E-state index in [1.807, 2.05) is 32.9 Å². The molecule has 74 valence electrons. The number of hydrogen-bond acceptors (Lipinski definition) is 2. The lowest BCUT2D eigenvalue weighted by molar-refractivity contribution is 0.112. The van der Waals surface area contributed by atoms with Crippen molar-refractivity contribution in [3.63, 3.8) is 0 Å². The molecule has 0 heterocycles. The van der Waals surface area contributed by atoms with Gasteiger partial charge in [-0.05, 0) is 29.2 Å². The van der Waals surface area contributed by atoms with Crippen molar-refractivity contribution >= 4 is 12.6 Å². The van der Waals surface area contributed by atoms with E-state index in [4.69, 9.17) is 0 Å². The van der Waals surface area contributed by atoms with Crippen LogP contribution in [0, 0.1) is 0 Å². The minimum Gasteiger partial charge on any atom is -0.298 e. The summed E-state index contributed by atoms with van der Waals surface area (Å²) in [5.41, 5.74) is 2.07. The highest BCUT2D eigenvalue weighted by Crippen LogP contribution is 2.23. The van der Waals surface area contributed by atoms with Gasteiger partial charge in [-0.2, -0.15) is 0 Å². The summed E-state index contributed by atoms with van der Waals surface area (Å²) in [6.07, 6.45) is 1.53. The summed E-state index contributed by atoms with van der Waals surface area (Å²) in [4.78, 5) is 21.3. The van der Waals surface area contributed by atoms with Gasteiger partial charge in [0.15, 0.2) is 0 Å². The zero-order valence-electron chi connectivity index (χ0n) is 8.70. The molecule has 0 aliphatic heterocycles. The van der Waals surface area contributed by atoms with Crippen LogP contribution >= 0.6 is 0 Å². The molecule has 0 saturated heterocycles. The molecule has 2 heteroatoms. The topological polar surface area (TPSA) is 34.1 Å². The van der Waals surface area contributed by atoms with Gasteiger partial charge in [0, 0.05) is 11.1 Å². The Morgan fingerprint density at radius 1 is 0.929 bits per heavy atom. The van der Waals surface area contributed by atoms with Crippen molar-refractivity contribution in [2.24, 2.45) is 0 Å². The maximum absolute atomic E-state index is 10.6. The number of rotatable bonds is 2. The first-order chi connectivity index (χ1) is 6.47. The van der Waals surface area contributed by atoms with Gasteiger partial charge in [0.25, 0.3) is 0 Å². The van der Waals surface area contributed by atoms with E-state index in [0.717, 1.165) is 18.1 Å². The highest BCUT2D eigenvalue weighted by atomic mass is 16.1. The van der Waals surface area contributed by atoms with E-state index in [-0.39, 0.29) is 5.41 Å². The first-order valence-electron chi connectivity index (χ1n) is 4.53. The van der Waals surface area contributed by atoms with Gasteiger partial charge in [-0.3, -0.25) is 9.59 Å². The van der Waals surface area contributed by atoms with E-state index < -0.39 is 0 Å². The first-order valence-corrected chi connectivity index (χ1v) is 4.53. The van der Waals surface area contributed by atoms with Gasteiger partial charge in [-0.1, -0.05) is 20.8 Å². The zero-order chi connectivity index (χ0) is 10.8. The van der Waals surface area contributed by atoms with E-state index in [2.05, 4.69) is 0 Å². The Balaban J connectivity index is 3.31. The number of carbonyl (C=O) groups is 2. The van der Waals surface area contributed by atoms with E-state index in [9.17, 15) is 9.59 Å². The average molecular weight is 190 g/mol. The Kier molecular flexibility index (Phi) is 2.84. The van der Waals surface area contributed by atoms with Crippen LogP contribution in [0.25, 0.3) is 0 Å². The lowest BCUT2D eigenvalue weighted by Gasteiger charge is -2.19. The minimum atomic E-state index is -0.0449. The fraction of sp³-hybridized carbons (Fsp3) is 0.333. The molecule has 0 unspecified atom stereocenters. The molecular weight excluding hydrogens is 176 g/mol. The molecular formula is C12H14O2. The molecule has 14 heavy (non-hydrogen) atoms. The normalized spacial score (nSPS) is 11.1. The van der Waals surface area contributed by atoms with Crippen LogP contribution in [0.4, 0.5) is 0 Å². The van der Waals surface area contributed by atoms with Crippen LogP contribution in [0.15, 0.2) is 18.2 Å². The molecule has 0 amide bonds. The second-order valence-corrected chi connectivity index (χ2v) is 4.37. The third kappa shape index (κ3) is 2.28. The minimum absolute atomic E-state index is 0.0449. The predicted octanol–water partition coefficient (Wildman–Crippen LogP) is 2.61. The standard InChI is InChI=1S/C12H14O2/c1-12(2,3)11-5-9(7-13)4-10(6-11)8-14/h4-8H,1-3H3. The Morgan fingerprint density at radius 3 is 1.64 bits per heavy atom. The number of hydrogen-bond donors (Lipinski definition) is 0. The molecule has 1 aromatic rings. The molecule has 0 aliphatic rings. The molecule has 0 aliphatic carbocycles. The molecule has 0 fully saturated rings. The summed E-state index contributed by atoms with van der Waals surface area (Å²) in [6, 6.07) is 5.23. The van der Waals surface area contributed by atoms with Gasteiger partial charge in [-0.25, -0.2) is 0 Å². The van der Waals surface area contributed by atoms with Crippen molar-refractivity contribution in [1.29, 1.82) is 0 Å². The smallest absolute Gasteiger partial charge is 0.150 e. The van der Waals surface area contributed by atoms with E-state index in [0.29, 0.717) is 11.1 Å². The first kappa shape index (κ1) is 10.6. The lowest BCUT2D eigenvalue weighted by Crippen LogP contribution is -2.12. The summed E-state index contributed by atoms with van der Waals surface area (Å²) in [5, 5.41) is 0. The van der Waals surface area contributed by atoms with E-state index >= 15 is 0 Å². The molecule has 0 atom stereocenters. The summed E-state index contributed by atoms with van der Waals surface area (Å²) in [7, 11) is 0. The molecule has 0 N–H and O–H groups in total. The van der Waals surface area contributed by atoms with Crippen LogP contribution < -0.4 is 0 Å². The highest BCUT2D eigenvalue weighted by molar-refractivity contribution is 5.82. The van der Waals surface area contributed by atoms with Gasteiger partial charge in [-0.15, -0.1) is 0 Å². The van der Waals surface area contributed by atoms with E-state index in [1.54, 1.807) is 6.07 Å². The van der Waals surface area contributed by atoms with Crippen LogP contribution in [0.2, 0.25) is 0 Å². The Morgan fingerprint density at radius 2 is 1.36 bits per heavy atom. The Hall–Kier alpha value is -1.44. The maximum atomic E-state index is 10.6. The van der Waals surface area contributed by atoms with Gasteiger partial charge >= 0.3 is 0 Å². The second-order valence-electron chi connectivity index (χ2n) is 4.37. The lowest BCUT2D eigenvalue weighted by atomic mass is 9.85. The number of aldehydes is 2. The largest absolute Gasteiger partial charge is 0.298 e. The van der Waals surface area contributed by atoms with Crippen molar-refractivity contribution < 1.29 is 9.59 Å². The van der Waals surface area contributed by atoms with Gasteiger partial charge in [0.05, 0.1) is 0 Å². The summed E-state index contributed by atoms with van der Waals surface area (Å²) < 4.78 is 0. The van der Waals surface area contributed by atoms with Crippen LogP contribution in [-0.2, 0) is 5.41 Å². The van der Waals surface area contributed by atoms with Crippen LogP contribution in [0.3, 0.4) is 0 Å². The van der Waals surface area contributed by atoms with Gasteiger partial charge in [0.1, 0.15) is 12.6 Å². The van der Waals surface area contributed by atoms with Crippen LogP contribution in [-0.4, -0.2) is 12.6 Å². The molecule has 1 rings (SSSR count). The van der Waals surface area contributed by atoms with Crippen LogP contribution in [0.5, 0.6) is 0 Å². The summed E-state index contributed by atoms with van der Waals surface area (Å²) in [5.74, 6) is 0. The molecule has 0 saturated carbocycles.